The Morgan fingerprint density at radius 1 is 1.54 bits per heavy atom. The summed E-state index contributed by atoms with van der Waals surface area (Å²) in [6.07, 6.45) is 3.11. The van der Waals surface area contributed by atoms with Crippen LogP contribution in [-0.4, -0.2) is 29.7 Å². The van der Waals surface area contributed by atoms with Gasteiger partial charge < -0.3 is 19.7 Å². The molecule has 1 atom stereocenters. The van der Waals surface area contributed by atoms with Crippen LogP contribution in [0.1, 0.15) is 13.3 Å². The summed E-state index contributed by atoms with van der Waals surface area (Å²) in [6.45, 7) is 2.07. The van der Waals surface area contributed by atoms with E-state index in [1.807, 2.05) is 0 Å². The second kappa shape index (κ2) is 3.81. The molecular weight excluding hydrogens is 172 g/mol. The first-order valence-electron chi connectivity index (χ1n) is 4.13. The van der Waals surface area contributed by atoms with Crippen molar-refractivity contribution in [3.05, 3.63) is 23.7 Å². The molecular formula is C9H14O4. The van der Waals surface area contributed by atoms with E-state index in [-0.39, 0.29) is 12.2 Å². The zero-order valence-corrected chi connectivity index (χ0v) is 7.78. The predicted molar refractivity (Wildman–Crippen MR) is 47.0 cm³/mol. The fourth-order valence-corrected chi connectivity index (χ4v) is 1.19. The highest BCUT2D eigenvalue weighted by atomic mass is 16.6. The maximum Gasteiger partial charge on any atom is 0.232 e. The lowest BCUT2D eigenvalue weighted by molar-refractivity contribution is -0.195. The Morgan fingerprint density at radius 2 is 2.23 bits per heavy atom. The molecule has 0 aromatic rings. The van der Waals surface area contributed by atoms with Crippen molar-refractivity contribution in [2.45, 2.75) is 19.1 Å². The number of methoxy groups -OCH3 is 1. The Labute approximate surface area is 77.1 Å². The first kappa shape index (κ1) is 10.1. The van der Waals surface area contributed by atoms with E-state index in [2.05, 4.69) is 0 Å². The number of hydrogen-bond acceptors (Lipinski definition) is 4. The van der Waals surface area contributed by atoms with Crippen LogP contribution in [0.3, 0.4) is 0 Å². The number of aliphatic hydroxyl groups is 2. The van der Waals surface area contributed by atoms with Crippen LogP contribution in [-0.2, 0) is 9.47 Å². The number of aliphatic hydroxyl groups excluding tert-OH is 1. The van der Waals surface area contributed by atoms with E-state index in [4.69, 9.17) is 9.47 Å². The third-order valence-electron chi connectivity index (χ3n) is 1.89. The quantitative estimate of drug-likeness (QED) is 0.648. The molecule has 0 fully saturated rings. The summed E-state index contributed by atoms with van der Waals surface area (Å²) in [5.41, 5.74) is 0. The lowest BCUT2D eigenvalue weighted by atomic mass is 10.0. The van der Waals surface area contributed by atoms with Gasteiger partial charge in [0, 0.05) is 6.61 Å². The van der Waals surface area contributed by atoms with Crippen molar-refractivity contribution in [1.29, 1.82) is 0 Å². The van der Waals surface area contributed by atoms with Gasteiger partial charge in [-0.2, -0.15) is 0 Å². The van der Waals surface area contributed by atoms with Crippen molar-refractivity contribution in [2.24, 2.45) is 0 Å². The zero-order chi connectivity index (χ0) is 9.90. The fraction of sp³-hybridized carbons (Fsp3) is 0.556. The van der Waals surface area contributed by atoms with Crippen molar-refractivity contribution in [3.63, 3.8) is 0 Å². The molecule has 0 saturated carbocycles. The molecule has 0 saturated heterocycles. The standard InChI is InChI=1S/C9H14O4/c1-3-13-9(11)6-7(12-2)4-5-8(9)10/h4-5,10-11H,3,6H2,1-2H3. The molecule has 2 N–H and O–H groups in total. The minimum absolute atomic E-state index is 0.139. The highest BCUT2D eigenvalue weighted by Crippen LogP contribution is 2.29. The van der Waals surface area contributed by atoms with Gasteiger partial charge in [-0.15, -0.1) is 0 Å². The summed E-state index contributed by atoms with van der Waals surface area (Å²) < 4.78 is 9.98. The van der Waals surface area contributed by atoms with Crippen LogP contribution < -0.4 is 0 Å². The average Bonchev–Trinajstić information content (AvgIpc) is 2.10. The summed E-state index contributed by atoms with van der Waals surface area (Å²) >= 11 is 0. The molecule has 1 aliphatic rings. The third kappa shape index (κ3) is 2.02. The first-order valence-corrected chi connectivity index (χ1v) is 4.13. The lowest BCUT2D eigenvalue weighted by Gasteiger charge is -2.29. The van der Waals surface area contributed by atoms with E-state index in [1.165, 1.54) is 13.2 Å². The van der Waals surface area contributed by atoms with Gasteiger partial charge in [-0.1, -0.05) is 0 Å². The van der Waals surface area contributed by atoms with Crippen LogP contribution in [0.4, 0.5) is 0 Å². The topological polar surface area (TPSA) is 58.9 Å². The second-order valence-corrected chi connectivity index (χ2v) is 2.78. The average molecular weight is 186 g/mol. The Balaban J connectivity index is 2.80. The number of ether oxygens (including phenoxy) is 2. The molecule has 0 spiro atoms. The molecule has 0 radical (unpaired) electrons. The molecule has 1 rings (SSSR count). The zero-order valence-electron chi connectivity index (χ0n) is 7.78. The Morgan fingerprint density at radius 3 is 2.77 bits per heavy atom. The highest BCUT2D eigenvalue weighted by molar-refractivity contribution is 5.23. The highest BCUT2D eigenvalue weighted by Gasteiger charge is 2.36. The largest absolute Gasteiger partial charge is 0.507 e. The number of hydrogen-bond donors (Lipinski definition) is 2. The van der Waals surface area contributed by atoms with Crippen LogP contribution in [0.25, 0.3) is 0 Å². The van der Waals surface area contributed by atoms with Gasteiger partial charge in [-0.05, 0) is 19.1 Å². The molecule has 0 bridgehead atoms. The smallest absolute Gasteiger partial charge is 0.232 e. The molecule has 74 valence electrons. The molecule has 1 unspecified atom stereocenters. The van der Waals surface area contributed by atoms with Crippen LogP contribution in [0.2, 0.25) is 0 Å². The molecule has 0 aliphatic heterocycles. The maximum absolute atomic E-state index is 9.78. The Hall–Kier alpha value is -1.00. The van der Waals surface area contributed by atoms with E-state index < -0.39 is 5.79 Å². The van der Waals surface area contributed by atoms with Gasteiger partial charge in [0.2, 0.25) is 5.79 Å². The van der Waals surface area contributed by atoms with Gasteiger partial charge >= 0.3 is 0 Å². The van der Waals surface area contributed by atoms with Gasteiger partial charge in [0.25, 0.3) is 0 Å². The monoisotopic (exact) mass is 186 g/mol. The molecule has 0 amide bonds. The van der Waals surface area contributed by atoms with Crippen molar-refractivity contribution in [3.8, 4) is 0 Å². The summed E-state index contributed by atoms with van der Waals surface area (Å²) in [5, 5.41) is 19.1. The maximum atomic E-state index is 9.78. The molecule has 1 aliphatic carbocycles. The summed E-state index contributed by atoms with van der Waals surface area (Å²) in [6, 6.07) is 0. The minimum Gasteiger partial charge on any atom is -0.507 e. The van der Waals surface area contributed by atoms with Gasteiger partial charge in [-0.25, -0.2) is 0 Å². The summed E-state index contributed by atoms with van der Waals surface area (Å²) in [7, 11) is 1.51. The summed E-state index contributed by atoms with van der Waals surface area (Å²) in [5.74, 6) is -1.22. The van der Waals surface area contributed by atoms with Crippen molar-refractivity contribution < 1.29 is 19.7 Å². The molecule has 4 nitrogen and oxygen atoms in total. The number of allylic oxidation sites excluding steroid dienone is 2. The van der Waals surface area contributed by atoms with Crippen LogP contribution in [0, 0.1) is 0 Å². The van der Waals surface area contributed by atoms with Crippen LogP contribution >= 0.6 is 0 Å². The van der Waals surface area contributed by atoms with Gasteiger partial charge in [-0.3, -0.25) is 0 Å². The van der Waals surface area contributed by atoms with Gasteiger partial charge in [0.05, 0.1) is 13.5 Å². The third-order valence-corrected chi connectivity index (χ3v) is 1.89. The van der Waals surface area contributed by atoms with Crippen LogP contribution in [0.15, 0.2) is 23.7 Å². The molecule has 0 aromatic heterocycles. The van der Waals surface area contributed by atoms with Crippen LogP contribution in [0.5, 0.6) is 0 Å². The second-order valence-electron chi connectivity index (χ2n) is 2.78. The first-order chi connectivity index (χ1) is 6.12. The Bertz CT molecular complexity index is 244. The van der Waals surface area contributed by atoms with Crippen molar-refractivity contribution >= 4 is 0 Å². The lowest BCUT2D eigenvalue weighted by Crippen LogP contribution is -2.37. The predicted octanol–water partition coefficient (Wildman–Crippen LogP) is 1.09. The van der Waals surface area contributed by atoms with Crippen molar-refractivity contribution in [1.82, 2.24) is 0 Å². The van der Waals surface area contributed by atoms with E-state index >= 15 is 0 Å². The van der Waals surface area contributed by atoms with Crippen molar-refractivity contribution in [2.75, 3.05) is 13.7 Å². The van der Waals surface area contributed by atoms with E-state index in [0.29, 0.717) is 12.4 Å². The molecule has 0 heterocycles. The molecule has 0 aromatic carbocycles. The minimum atomic E-state index is -1.62. The van der Waals surface area contributed by atoms with E-state index in [9.17, 15) is 10.2 Å². The normalized spacial score (nSPS) is 27.9. The van der Waals surface area contributed by atoms with Gasteiger partial charge in [0.15, 0.2) is 5.76 Å². The van der Waals surface area contributed by atoms with E-state index in [0.717, 1.165) is 0 Å². The fourth-order valence-electron chi connectivity index (χ4n) is 1.19. The number of rotatable bonds is 3. The van der Waals surface area contributed by atoms with E-state index in [1.54, 1.807) is 13.0 Å². The summed E-state index contributed by atoms with van der Waals surface area (Å²) in [4.78, 5) is 0. The molecule has 13 heavy (non-hydrogen) atoms. The Kier molecular flexibility index (Phi) is 2.95. The molecule has 4 heteroatoms. The van der Waals surface area contributed by atoms with Gasteiger partial charge in [0.1, 0.15) is 5.76 Å². The SMILES string of the molecule is CCOC1(O)CC(OC)=CC=C1O.